The van der Waals surface area contributed by atoms with Gasteiger partial charge in [0.1, 0.15) is 11.2 Å². The highest BCUT2D eigenvalue weighted by molar-refractivity contribution is 6.06. The molecule has 1 aliphatic carbocycles. The van der Waals surface area contributed by atoms with Crippen LogP contribution in [0.1, 0.15) is 22.3 Å². The van der Waals surface area contributed by atoms with E-state index in [-0.39, 0.29) is 0 Å². The van der Waals surface area contributed by atoms with E-state index < -0.39 is 5.41 Å². The number of rotatable bonds is 7. The Morgan fingerprint density at radius 3 is 1.55 bits per heavy atom. The van der Waals surface area contributed by atoms with Crippen molar-refractivity contribution in [2.24, 2.45) is 0 Å². The van der Waals surface area contributed by atoms with Crippen LogP contribution in [-0.4, -0.2) is 9.97 Å². The van der Waals surface area contributed by atoms with Crippen LogP contribution in [0.5, 0.6) is 0 Å². The molecule has 12 rings (SSSR count). The summed E-state index contributed by atoms with van der Waals surface area (Å²) >= 11 is 0. The summed E-state index contributed by atoms with van der Waals surface area (Å²) in [7, 11) is 0. The number of benzene rings is 9. The van der Waals surface area contributed by atoms with Crippen molar-refractivity contribution in [3.05, 3.63) is 253 Å². The maximum absolute atomic E-state index is 6.18. The SMILES string of the molecule is c1ccc(-c2nc(-c3cccc(-c4ccccc4-c4ccc5oc6ccccc6c5c4)c3)cc(-c3ccc4c(c3)-c3ccccc3C4(c3ccccc3)c3ccccc3)n2)cc1. The predicted molar refractivity (Wildman–Crippen MR) is 254 cm³/mol. The molecule has 0 radical (unpaired) electrons. The van der Waals surface area contributed by atoms with Gasteiger partial charge in [0.15, 0.2) is 5.82 Å². The smallest absolute Gasteiger partial charge is 0.160 e. The van der Waals surface area contributed by atoms with Gasteiger partial charge in [0.2, 0.25) is 0 Å². The molecule has 0 N–H and O–H groups in total. The zero-order valence-corrected chi connectivity index (χ0v) is 33.7. The number of nitrogens with zero attached hydrogens (tertiary/aromatic N) is 2. The monoisotopic (exact) mass is 790 g/mol. The number of aromatic nitrogens is 2. The van der Waals surface area contributed by atoms with Crippen LogP contribution >= 0.6 is 0 Å². The molecule has 3 heteroatoms. The fourth-order valence-electron chi connectivity index (χ4n) is 9.79. The molecule has 2 heterocycles. The molecule has 0 amide bonds. The molecule has 0 saturated heterocycles. The van der Waals surface area contributed by atoms with Gasteiger partial charge in [0.05, 0.1) is 16.8 Å². The van der Waals surface area contributed by atoms with Crippen LogP contribution < -0.4 is 0 Å². The molecule has 290 valence electrons. The van der Waals surface area contributed by atoms with E-state index in [1.807, 2.05) is 30.3 Å². The summed E-state index contributed by atoms with van der Waals surface area (Å²) in [5.74, 6) is 0.688. The van der Waals surface area contributed by atoms with Gasteiger partial charge in [0.25, 0.3) is 0 Å². The number of hydrogen-bond donors (Lipinski definition) is 0. The lowest BCUT2D eigenvalue weighted by atomic mass is 9.67. The topological polar surface area (TPSA) is 38.9 Å². The highest BCUT2D eigenvalue weighted by Crippen LogP contribution is 2.56. The number of para-hydroxylation sites is 1. The average Bonchev–Trinajstić information content (AvgIpc) is 3.88. The van der Waals surface area contributed by atoms with E-state index in [1.54, 1.807) is 0 Å². The Labute approximate surface area is 360 Å². The summed E-state index contributed by atoms with van der Waals surface area (Å²) in [4.78, 5) is 10.6. The van der Waals surface area contributed by atoms with Crippen molar-refractivity contribution in [1.29, 1.82) is 0 Å². The van der Waals surface area contributed by atoms with Gasteiger partial charge in [-0.25, -0.2) is 9.97 Å². The van der Waals surface area contributed by atoms with E-state index in [2.05, 4.69) is 200 Å². The quantitative estimate of drug-likeness (QED) is 0.161. The minimum absolute atomic E-state index is 0.464. The van der Waals surface area contributed by atoms with E-state index in [4.69, 9.17) is 14.4 Å². The van der Waals surface area contributed by atoms with Crippen LogP contribution in [0.4, 0.5) is 0 Å². The Hall–Kier alpha value is -8.14. The number of fused-ring (bicyclic) bond motifs is 6. The third kappa shape index (κ3) is 5.74. The Balaban J connectivity index is 1.00. The van der Waals surface area contributed by atoms with E-state index in [9.17, 15) is 0 Å². The summed E-state index contributed by atoms with van der Waals surface area (Å²) in [6.45, 7) is 0. The van der Waals surface area contributed by atoms with Gasteiger partial charge in [-0.3, -0.25) is 0 Å². The van der Waals surface area contributed by atoms with E-state index in [0.29, 0.717) is 5.82 Å². The molecule has 0 atom stereocenters. The van der Waals surface area contributed by atoms with Gasteiger partial charge in [-0.1, -0.05) is 194 Å². The molecule has 2 aromatic heterocycles. The Morgan fingerprint density at radius 1 is 0.306 bits per heavy atom. The second-order valence-corrected chi connectivity index (χ2v) is 16.1. The second-order valence-electron chi connectivity index (χ2n) is 16.1. The minimum Gasteiger partial charge on any atom is -0.456 e. The van der Waals surface area contributed by atoms with Gasteiger partial charge in [-0.2, -0.15) is 0 Å². The first-order valence-corrected chi connectivity index (χ1v) is 21.1. The van der Waals surface area contributed by atoms with Crippen LogP contribution in [0.3, 0.4) is 0 Å². The van der Waals surface area contributed by atoms with Crippen molar-refractivity contribution in [3.63, 3.8) is 0 Å². The van der Waals surface area contributed by atoms with Crippen LogP contribution in [0, 0.1) is 0 Å². The lowest BCUT2D eigenvalue weighted by Crippen LogP contribution is -2.28. The number of furan rings is 1. The van der Waals surface area contributed by atoms with Crippen molar-refractivity contribution in [2.45, 2.75) is 5.41 Å². The maximum atomic E-state index is 6.18. The van der Waals surface area contributed by atoms with Gasteiger partial charge in [0, 0.05) is 27.5 Å². The highest BCUT2D eigenvalue weighted by atomic mass is 16.3. The standard InChI is InChI=1S/C59H38N2O/c1-4-17-39(18-5-1)58-60-54(42-20-16-19-40(35-42)46-25-10-11-26-47(46)41-32-34-57-51(36-41)49-28-13-15-30-56(49)62-57)38-55(61-58)43-31-33-53-50(37-43)48-27-12-14-29-52(48)59(53,44-21-6-2-7-22-44)45-23-8-3-9-24-45/h1-38H. The van der Waals surface area contributed by atoms with E-state index in [1.165, 1.54) is 33.4 Å². The lowest BCUT2D eigenvalue weighted by Gasteiger charge is -2.33. The molecule has 0 fully saturated rings. The normalized spacial score (nSPS) is 12.6. The third-order valence-corrected chi connectivity index (χ3v) is 12.6. The van der Waals surface area contributed by atoms with E-state index in [0.717, 1.165) is 72.3 Å². The van der Waals surface area contributed by atoms with Gasteiger partial charge >= 0.3 is 0 Å². The zero-order valence-electron chi connectivity index (χ0n) is 33.7. The molecule has 0 bridgehead atoms. The molecule has 0 aliphatic heterocycles. The number of hydrogen-bond acceptors (Lipinski definition) is 3. The van der Waals surface area contributed by atoms with Crippen molar-refractivity contribution in [3.8, 4) is 67.3 Å². The molecule has 11 aromatic rings. The van der Waals surface area contributed by atoms with Gasteiger partial charge in [-0.15, -0.1) is 0 Å². The van der Waals surface area contributed by atoms with Crippen LogP contribution in [-0.2, 0) is 5.41 Å². The molecule has 0 spiro atoms. The summed E-state index contributed by atoms with van der Waals surface area (Å²) in [6.07, 6.45) is 0. The van der Waals surface area contributed by atoms with Crippen LogP contribution in [0.15, 0.2) is 235 Å². The Kier molecular flexibility index (Phi) is 8.39. The summed E-state index contributed by atoms with van der Waals surface area (Å²) in [5.41, 5.74) is 18.2. The summed E-state index contributed by atoms with van der Waals surface area (Å²) in [6, 6.07) is 82.3. The predicted octanol–water partition coefficient (Wildman–Crippen LogP) is 15.1. The summed E-state index contributed by atoms with van der Waals surface area (Å²) < 4.78 is 6.18. The van der Waals surface area contributed by atoms with Crippen molar-refractivity contribution in [2.75, 3.05) is 0 Å². The molecular weight excluding hydrogens is 753 g/mol. The van der Waals surface area contributed by atoms with Crippen molar-refractivity contribution >= 4 is 21.9 Å². The van der Waals surface area contributed by atoms with E-state index >= 15 is 0 Å². The second kappa shape index (κ2) is 14.5. The molecule has 3 nitrogen and oxygen atoms in total. The molecule has 0 saturated carbocycles. The minimum atomic E-state index is -0.464. The first-order valence-electron chi connectivity index (χ1n) is 21.1. The Bertz CT molecular complexity index is 3420. The van der Waals surface area contributed by atoms with Crippen LogP contribution in [0.2, 0.25) is 0 Å². The van der Waals surface area contributed by atoms with Gasteiger partial charge < -0.3 is 4.42 Å². The first kappa shape index (κ1) is 35.8. The lowest BCUT2D eigenvalue weighted by molar-refractivity contribution is 0.669. The molecule has 9 aromatic carbocycles. The fourth-order valence-corrected chi connectivity index (χ4v) is 9.79. The molecule has 0 unspecified atom stereocenters. The summed E-state index contributed by atoms with van der Waals surface area (Å²) in [5, 5.41) is 2.24. The largest absolute Gasteiger partial charge is 0.456 e. The fraction of sp³-hybridized carbons (Fsp3) is 0.0169. The van der Waals surface area contributed by atoms with Gasteiger partial charge in [-0.05, 0) is 92.0 Å². The molecular formula is C59H38N2O. The molecule has 62 heavy (non-hydrogen) atoms. The zero-order chi connectivity index (χ0) is 41.0. The molecule has 1 aliphatic rings. The Morgan fingerprint density at radius 2 is 0.823 bits per heavy atom. The third-order valence-electron chi connectivity index (χ3n) is 12.6. The van der Waals surface area contributed by atoms with Crippen molar-refractivity contribution < 1.29 is 4.42 Å². The first-order chi connectivity index (χ1) is 30.7. The highest BCUT2D eigenvalue weighted by Gasteiger charge is 2.46. The van der Waals surface area contributed by atoms with Crippen molar-refractivity contribution in [1.82, 2.24) is 9.97 Å². The maximum Gasteiger partial charge on any atom is 0.160 e. The van der Waals surface area contributed by atoms with Crippen LogP contribution in [0.25, 0.3) is 89.2 Å². The average molecular weight is 791 g/mol.